The van der Waals surface area contributed by atoms with Gasteiger partial charge in [-0.25, -0.2) is 4.79 Å². The molecular formula is C18H21NO3. The summed E-state index contributed by atoms with van der Waals surface area (Å²) in [5, 5.41) is 8.94. The van der Waals surface area contributed by atoms with E-state index in [1.165, 1.54) is 17.2 Å². The van der Waals surface area contributed by atoms with E-state index in [0.29, 0.717) is 12.3 Å². The van der Waals surface area contributed by atoms with Gasteiger partial charge >= 0.3 is 5.97 Å². The quantitative estimate of drug-likeness (QED) is 0.944. The van der Waals surface area contributed by atoms with Crippen LogP contribution in [0.15, 0.2) is 40.8 Å². The number of carboxylic acid groups (broad SMARTS) is 1. The molecule has 1 aromatic heterocycles. The minimum absolute atomic E-state index is 0.00682. The highest BCUT2D eigenvalue weighted by atomic mass is 16.4. The zero-order valence-electron chi connectivity index (χ0n) is 13.0. The fourth-order valence-electron chi connectivity index (χ4n) is 3.33. The maximum absolute atomic E-state index is 10.9. The number of nitrogens with zero attached hydrogens (tertiary/aromatic N) is 1. The van der Waals surface area contributed by atoms with Crippen molar-refractivity contribution in [1.82, 2.24) is 4.90 Å². The predicted octanol–water partition coefficient (Wildman–Crippen LogP) is 3.31. The summed E-state index contributed by atoms with van der Waals surface area (Å²) in [5.41, 5.74) is 2.87. The van der Waals surface area contributed by atoms with Crippen LogP contribution in [0, 0.1) is 0 Å². The Morgan fingerprint density at radius 3 is 2.77 bits per heavy atom. The number of hydrogen-bond donors (Lipinski definition) is 1. The van der Waals surface area contributed by atoms with Gasteiger partial charge in [-0.3, -0.25) is 4.90 Å². The highest BCUT2D eigenvalue weighted by Crippen LogP contribution is 2.31. The molecule has 2 heterocycles. The second kappa shape index (κ2) is 5.61. The van der Waals surface area contributed by atoms with Gasteiger partial charge in [0.15, 0.2) is 0 Å². The molecule has 0 saturated heterocycles. The summed E-state index contributed by atoms with van der Waals surface area (Å²) in [7, 11) is 0. The second-order valence-electron chi connectivity index (χ2n) is 6.57. The van der Waals surface area contributed by atoms with Crippen molar-refractivity contribution in [3.63, 3.8) is 0 Å². The first-order valence-electron chi connectivity index (χ1n) is 7.58. The third-order valence-corrected chi connectivity index (χ3v) is 4.31. The number of aromatic carboxylic acids is 1. The molecule has 4 nitrogen and oxygen atoms in total. The Morgan fingerprint density at radius 2 is 2.05 bits per heavy atom. The molecular weight excluding hydrogens is 278 g/mol. The highest BCUT2D eigenvalue weighted by molar-refractivity contribution is 5.84. The van der Waals surface area contributed by atoms with Crippen LogP contribution in [0.3, 0.4) is 0 Å². The maximum atomic E-state index is 10.9. The summed E-state index contributed by atoms with van der Waals surface area (Å²) in [6.07, 6.45) is 1.01. The third-order valence-electron chi connectivity index (χ3n) is 4.31. The van der Waals surface area contributed by atoms with Crippen LogP contribution in [0.2, 0.25) is 0 Å². The summed E-state index contributed by atoms with van der Waals surface area (Å²) < 4.78 is 5.39. The van der Waals surface area contributed by atoms with Gasteiger partial charge in [0.05, 0.1) is 6.54 Å². The molecule has 0 saturated carbocycles. The minimum atomic E-state index is -1.02. The van der Waals surface area contributed by atoms with E-state index >= 15 is 0 Å². The van der Waals surface area contributed by atoms with Gasteiger partial charge in [-0.2, -0.15) is 0 Å². The molecule has 0 radical (unpaired) electrons. The van der Waals surface area contributed by atoms with Gasteiger partial charge in [-0.05, 0) is 29.7 Å². The largest absolute Gasteiger partial charge is 0.475 e. The van der Waals surface area contributed by atoms with Crippen LogP contribution in [0.25, 0.3) is 0 Å². The number of benzene rings is 1. The molecule has 4 heteroatoms. The molecule has 1 N–H and O–H groups in total. The lowest BCUT2D eigenvalue weighted by atomic mass is 9.82. The van der Waals surface area contributed by atoms with Crippen molar-refractivity contribution < 1.29 is 14.3 Å². The van der Waals surface area contributed by atoms with Crippen molar-refractivity contribution in [3.8, 4) is 0 Å². The van der Waals surface area contributed by atoms with E-state index in [0.717, 1.165) is 19.5 Å². The Bertz CT molecular complexity index is 687. The number of carbonyl (C=O) groups is 1. The predicted molar refractivity (Wildman–Crippen MR) is 84.1 cm³/mol. The van der Waals surface area contributed by atoms with E-state index in [2.05, 4.69) is 43.0 Å². The van der Waals surface area contributed by atoms with Crippen molar-refractivity contribution in [2.24, 2.45) is 0 Å². The van der Waals surface area contributed by atoms with E-state index in [1.54, 1.807) is 6.07 Å². The molecule has 0 spiro atoms. The number of furan rings is 1. The zero-order chi connectivity index (χ0) is 15.7. The van der Waals surface area contributed by atoms with Crippen molar-refractivity contribution in [2.75, 3.05) is 13.1 Å². The molecule has 0 atom stereocenters. The standard InChI is InChI=1S/C18H21NO3/c1-18(2)12-19(10-9-13-5-3-4-6-15(13)18)11-14-7-8-16(22-14)17(20)21/h3-8H,9-12H2,1-2H3,(H,20,21). The molecule has 0 unspecified atom stereocenters. The number of carboxylic acids is 1. The average molecular weight is 299 g/mol. The average Bonchev–Trinajstić information content (AvgIpc) is 2.88. The Kier molecular flexibility index (Phi) is 3.79. The molecule has 2 aromatic rings. The smallest absolute Gasteiger partial charge is 0.371 e. The molecule has 1 aliphatic rings. The fourth-order valence-corrected chi connectivity index (χ4v) is 3.33. The fraction of sp³-hybridized carbons (Fsp3) is 0.389. The van der Waals surface area contributed by atoms with Gasteiger partial charge in [-0.15, -0.1) is 0 Å². The first-order chi connectivity index (χ1) is 10.5. The molecule has 1 aliphatic heterocycles. The number of hydrogen-bond acceptors (Lipinski definition) is 3. The molecule has 0 amide bonds. The molecule has 116 valence electrons. The highest BCUT2D eigenvalue weighted by Gasteiger charge is 2.29. The van der Waals surface area contributed by atoms with E-state index in [9.17, 15) is 4.79 Å². The van der Waals surface area contributed by atoms with Crippen LogP contribution < -0.4 is 0 Å². The van der Waals surface area contributed by atoms with E-state index in [1.807, 2.05) is 0 Å². The first kappa shape index (κ1) is 14.9. The van der Waals surface area contributed by atoms with Gasteiger partial charge in [0.2, 0.25) is 5.76 Å². The third kappa shape index (κ3) is 2.92. The molecule has 3 rings (SSSR count). The molecule has 1 aromatic carbocycles. The minimum Gasteiger partial charge on any atom is -0.475 e. The summed E-state index contributed by atoms with van der Waals surface area (Å²) in [6, 6.07) is 11.9. The molecule has 22 heavy (non-hydrogen) atoms. The van der Waals surface area contributed by atoms with Crippen LogP contribution in [-0.4, -0.2) is 29.1 Å². The summed E-state index contributed by atoms with van der Waals surface area (Å²) in [5.74, 6) is -0.304. The Hall–Kier alpha value is -2.07. The molecule has 0 bridgehead atoms. The summed E-state index contributed by atoms with van der Waals surface area (Å²) in [4.78, 5) is 13.2. The van der Waals surface area contributed by atoms with Gasteiger partial charge < -0.3 is 9.52 Å². The van der Waals surface area contributed by atoms with E-state index in [-0.39, 0.29) is 11.2 Å². The lowest BCUT2D eigenvalue weighted by Crippen LogP contribution is -2.35. The van der Waals surface area contributed by atoms with Crippen LogP contribution in [0.4, 0.5) is 0 Å². The van der Waals surface area contributed by atoms with Gasteiger partial charge in [0.1, 0.15) is 5.76 Å². The monoisotopic (exact) mass is 299 g/mol. The van der Waals surface area contributed by atoms with Crippen LogP contribution in [-0.2, 0) is 18.4 Å². The van der Waals surface area contributed by atoms with Crippen LogP contribution in [0.1, 0.15) is 41.3 Å². The second-order valence-corrected chi connectivity index (χ2v) is 6.57. The maximum Gasteiger partial charge on any atom is 0.371 e. The van der Waals surface area contributed by atoms with Gasteiger partial charge in [0.25, 0.3) is 0 Å². The van der Waals surface area contributed by atoms with Gasteiger partial charge in [0, 0.05) is 18.5 Å². The Morgan fingerprint density at radius 1 is 1.27 bits per heavy atom. The lowest BCUT2D eigenvalue weighted by Gasteiger charge is -2.30. The first-order valence-corrected chi connectivity index (χ1v) is 7.58. The Balaban J connectivity index is 1.78. The number of fused-ring (bicyclic) bond motifs is 1. The number of rotatable bonds is 3. The zero-order valence-corrected chi connectivity index (χ0v) is 13.0. The normalized spacial score (nSPS) is 17.7. The lowest BCUT2D eigenvalue weighted by molar-refractivity contribution is 0.0658. The SMILES string of the molecule is CC1(C)CN(Cc2ccc(C(=O)O)o2)CCc2ccccc21. The molecule has 0 aliphatic carbocycles. The Labute approximate surface area is 130 Å². The summed E-state index contributed by atoms with van der Waals surface area (Å²) in [6.45, 7) is 7.03. The van der Waals surface area contributed by atoms with Gasteiger partial charge in [-0.1, -0.05) is 38.1 Å². The van der Waals surface area contributed by atoms with Crippen LogP contribution in [0.5, 0.6) is 0 Å². The van der Waals surface area contributed by atoms with E-state index in [4.69, 9.17) is 9.52 Å². The van der Waals surface area contributed by atoms with Crippen LogP contribution >= 0.6 is 0 Å². The van der Waals surface area contributed by atoms with Crippen molar-refractivity contribution in [1.29, 1.82) is 0 Å². The van der Waals surface area contributed by atoms with E-state index < -0.39 is 5.97 Å². The topological polar surface area (TPSA) is 53.7 Å². The van der Waals surface area contributed by atoms with Crippen molar-refractivity contribution >= 4 is 5.97 Å². The summed E-state index contributed by atoms with van der Waals surface area (Å²) >= 11 is 0. The molecule has 0 fully saturated rings. The van der Waals surface area contributed by atoms with Crippen molar-refractivity contribution in [2.45, 2.75) is 32.2 Å². The van der Waals surface area contributed by atoms with Crippen molar-refractivity contribution in [3.05, 3.63) is 59.0 Å².